The van der Waals surface area contributed by atoms with E-state index in [1.807, 2.05) is 48.5 Å². The number of benzene rings is 2. The van der Waals surface area contributed by atoms with Crippen LogP contribution < -0.4 is 10.1 Å². The van der Waals surface area contributed by atoms with E-state index in [1.165, 1.54) is 0 Å². The van der Waals surface area contributed by atoms with Crippen LogP contribution in [0.2, 0.25) is 5.02 Å². The van der Waals surface area contributed by atoms with Crippen LogP contribution in [0.15, 0.2) is 48.5 Å². The van der Waals surface area contributed by atoms with Crippen LogP contribution in [0.4, 0.5) is 0 Å². The lowest BCUT2D eigenvalue weighted by Gasteiger charge is -2.18. The molecule has 2 N–H and O–H groups in total. The molecule has 0 aliphatic heterocycles. The van der Waals surface area contributed by atoms with Crippen molar-refractivity contribution < 1.29 is 9.84 Å². The number of hydrogen-bond acceptors (Lipinski definition) is 3. The lowest BCUT2D eigenvalue weighted by atomic mass is 10.1. The van der Waals surface area contributed by atoms with E-state index in [0.29, 0.717) is 6.54 Å². The van der Waals surface area contributed by atoms with Gasteiger partial charge in [-0.15, -0.1) is 0 Å². The van der Waals surface area contributed by atoms with E-state index in [-0.39, 0.29) is 6.04 Å². The van der Waals surface area contributed by atoms with Gasteiger partial charge in [-0.3, -0.25) is 0 Å². The van der Waals surface area contributed by atoms with Gasteiger partial charge in [-0.2, -0.15) is 0 Å². The first-order chi connectivity index (χ1) is 10.1. The summed E-state index contributed by atoms with van der Waals surface area (Å²) in [5.74, 6) is 0.747. The number of aliphatic hydroxyl groups is 1. The minimum atomic E-state index is -0.574. The molecule has 21 heavy (non-hydrogen) atoms. The van der Waals surface area contributed by atoms with Crippen LogP contribution in [0.1, 0.15) is 30.2 Å². The van der Waals surface area contributed by atoms with Crippen molar-refractivity contribution in [3.8, 4) is 5.75 Å². The Bertz CT molecular complexity index is 571. The molecule has 0 saturated heterocycles. The second-order valence-corrected chi connectivity index (χ2v) is 5.41. The summed E-state index contributed by atoms with van der Waals surface area (Å²) >= 11 is 5.88. The predicted octanol–water partition coefficient (Wildman–Crippen LogP) is 3.73. The summed E-state index contributed by atoms with van der Waals surface area (Å²) < 4.78 is 5.17. The first kappa shape index (κ1) is 15.8. The number of hydrogen-bond donors (Lipinski definition) is 2. The molecule has 4 heteroatoms. The molecule has 0 saturated carbocycles. The zero-order chi connectivity index (χ0) is 15.2. The molecule has 0 fully saturated rings. The maximum absolute atomic E-state index is 10.2. The average Bonchev–Trinajstić information content (AvgIpc) is 2.53. The Morgan fingerprint density at radius 2 is 1.86 bits per heavy atom. The zero-order valence-corrected chi connectivity index (χ0v) is 13.0. The second kappa shape index (κ2) is 7.46. The molecule has 2 aromatic rings. The van der Waals surface area contributed by atoms with Crippen molar-refractivity contribution in [1.29, 1.82) is 0 Å². The van der Waals surface area contributed by atoms with Gasteiger partial charge in [-0.05, 0) is 42.3 Å². The van der Waals surface area contributed by atoms with Gasteiger partial charge in [0.2, 0.25) is 0 Å². The number of halogens is 1. The van der Waals surface area contributed by atoms with Gasteiger partial charge in [0.25, 0.3) is 0 Å². The third-order valence-electron chi connectivity index (χ3n) is 3.47. The molecule has 112 valence electrons. The van der Waals surface area contributed by atoms with Gasteiger partial charge in [0.1, 0.15) is 5.75 Å². The summed E-state index contributed by atoms with van der Waals surface area (Å²) in [4.78, 5) is 0. The van der Waals surface area contributed by atoms with Gasteiger partial charge >= 0.3 is 0 Å². The van der Waals surface area contributed by atoms with Crippen molar-refractivity contribution in [3.05, 3.63) is 64.7 Å². The average molecular weight is 306 g/mol. The minimum absolute atomic E-state index is 0.141. The van der Waals surface area contributed by atoms with E-state index < -0.39 is 6.10 Å². The quantitative estimate of drug-likeness (QED) is 0.854. The van der Waals surface area contributed by atoms with Crippen LogP contribution in [0.5, 0.6) is 5.75 Å². The standard InChI is InChI=1S/C17H20ClNO2/c1-12(13-6-8-15(18)9-7-13)19-11-17(20)14-4-3-5-16(10-14)21-2/h3-10,12,17,19-20H,11H2,1-2H3/t12-,17?/m0/s1. The fourth-order valence-corrected chi connectivity index (χ4v) is 2.25. The highest BCUT2D eigenvalue weighted by molar-refractivity contribution is 6.30. The normalized spacial score (nSPS) is 13.7. The molecule has 1 unspecified atom stereocenters. The predicted molar refractivity (Wildman–Crippen MR) is 85.8 cm³/mol. The van der Waals surface area contributed by atoms with Crippen molar-refractivity contribution >= 4 is 11.6 Å². The number of nitrogens with one attached hydrogen (secondary N) is 1. The molecule has 2 atom stereocenters. The fraction of sp³-hybridized carbons (Fsp3) is 0.294. The Kier molecular flexibility index (Phi) is 5.62. The van der Waals surface area contributed by atoms with Crippen LogP contribution in [-0.4, -0.2) is 18.8 Å². The van der Waals surface area contributed by atoms with Crippen LogP contribution in [-0.2, 0) is 0 Å². The van der Waals surface area contributed by atoms with Crippen molar-refractivity contribution in [2.75, 3.05) is 13.7 Å². The van der Waals surface area contributed by atoms with E-state index in [0.717, 1.165) is 21.9 Å². The zero-order valence-electron chi connectivity index (χ0n) is 12.2. The molecule has 3 nitrogen and oxygen atoms in total. The molecule has 0 aliphatic carbocycles. The SMILES string of the molecule is COc1cccc(C(O)CN[C@@H](C)c2ccc(Cl)cc2)c1. The maximum Gasteiger partial charge on any atom is 0.119 e. The van der Waals surface area contributed by atoms with Gasteiger partial charge in [0.05, 0.1) is 13.2 Å². The topological polar surface area (TPSA) is 41.5 Å². The number of aliphatic hydroxyl groups excluding tert-OH is 1. The molecule has 0 spiro atoms. The monoisotopic (exact) mass is 305 g/mol. The summed E-state index contributed by atoms with van der Waals surface area (Å²) in [5, 5.41) is 14.3. The Morgan fingerprint density at radius 1 is 1.14 bits per heavy atom. The molecule has 2 aromatic carbocycles. The van der Waals surface area contributed by atoms with E-state index in [1.54, 1.807) is 7.11 Å². The van der Waals surface area contributed by atoms with E-state index >= 15 is 0 Å². The maximum atomic E-state index is 10.2. The van der Waals surface area contributed by atoms with Crippen LogP contribution in [0, 0.1) is 0 Å². The first-order valence-electron chi connectivity index (χ1n) is 6.91. The third kappa shape index (κ3) is 4.46. The molecule has 0 amide bonds. The summed E-state index contributed by atoms with van der Waals surface area (Å²) in [7, 11) is 1.62. The van der Waals surface area contributed by atoms with Gasteiger partial charge in [0, 0.05) is 17.6 Å². The van der Waals surface area contributed by atoms with Gasteiger partial charge in [-0.1, -0.05) is 35.9 Å². The summed E-state index contributed by atoms with van der Waals surface area (Å²) in [6.07, 6.45) is -0.574. The highest BCUT2D eigenvalue weighted by Crippen LogP contribution is 2.20. The highest BCUT2D eigenvalue weighted by atomic mass is 35.5. The van der Waals surface area contributed by atoms with Crippen LogP contribution in [0.3, 0.4) is 0 Å². The summed E-state index contributed by atoms with van der Waals surface area (Å²) in [6, 6.07) is 15.3. The molecular weight excluding hydrogens is 286 g/mol. The van der Waals surface area contributed by atoms with E-state index in [4.69, 9.17) is 16.3 Å². The van der Waals surface area contributed by atoms with Crippen molar-refractivity contribution in [2.24, 2.45) is 0 Å². The summed E-state index contributed by atoms with van der Waals surface area (Å²) in [5.41, 5.74) is 1.97. The molecule has 2 rings (SSSR count). The fourth-order valence-electron chi connectivity index (χ4n) is 2.12. The Hall–Kier alpha value is -1.55. The lowest BCUT2D eigenvalue weighted by Crippen LogP contribution is -2.24. The highest BCUT2D eigenvalue weighted by Gasteiger charge is 2.11. The van der Waals surface area contributed by atoms with Gasteiger partial charge in [0.15, 0.2) is 0 Å². The van der Waals surface area contributed by atoms with E-state index in [2.05, 4.69) is 12.2 Å². The smallest absolute Gasteiger partial charge is 0.119 e. The summed E-state index contributed by atoms with van der Waals surface area (Å²) in [6.45, 7) is 2.53. The van der Waals surface area contributed by atoms with Gasteiger partial charge in [-0.25, -0.2) is 0 Å². The molecule has 0 aliphatic rings. The van der Waals surface area contributed by atoms with Crippen LogP contribution in [0.25, 0.3) is 0 Å². The number of rotatable bonds is 6. The second-order valence-electron chi connectivity index (χ2n) is 4.97. The van der Waals surface area contributed by atoms with E-state index in [9.17, 15) is 5.11 Å². The Balaban J connectivity index is 1.93. The van der Waals surface area contributed by atoms with Gasteiger partial charge < -0.3 is 15.2 Å². The van der Waals surface area contributed by atoms with Crippen molar-refractivity contribution in [2.45, 2.75) is 19.1 Å². The number of methoxy groups -OCH3 is 1. The number of ether oxygens (including phenoxy) is 1. The molecule has 0 heterocycles. The molecule has 0 aromatic heterocycles. The lowest BCUT2D eigenvalue weighted by molar-refractivity contribution is 0.170. The molecular formula is C17H20ClNO2. The largest absolute Gasteiger partial charge is 0.497 e. The van der Waals surface area contributed by atoms with Crippen molar-refractivity contribution in [1.82, 2.24) is 5.32 Å². The Labute approximate surface area is 130 Å². The molecule has 0 bridgehead atoms. The van der Waals surface area contributed by atoms with Crippen molar-refractivity contribution in [3.63, 3.8) is 0 Å². The minimum Gasteiger partial charge on any atom is -0.497 e. The molecule has 0 radical (unpaired) electrons. The first-order valence-corrected chi connectivity index (χ1v) is 7.29. The third-order valence-corrected chi connectivity index (χ3v) is 3.72. The van der Waals surface area contributed by atoms with Crippen LogP contribution >= 0.6 is 11.6 Å². The Morgan fingerprint density at radius 3 is 2.52 bits per heavy atom.